The van der Waals surface area contributed by atoms with Crippen molar-refractivity contribution in [1.82, 2.24) is 15.0 Å². The summed E-state index contributed by atoms with van der Waals surface area (Å²) >= 11 is 3.67. The Labute approximate surface area is 156 Å². The maximum Gasteiger partial charge on any atom is 0.255 e. The van der Waals surface area contributed by atoms with E-state index < -0.39 is 0 Å². The van der Waals surface area contributed by atoms with E-state index in [1.165, 1.54) is 16.0 Å². The molecule has 2 aromatic heterocycles. The van der Waals surface area contributed by atoms with Crippen molar-refractivity contribution in [3.8, 4) is 0 Å². The Balaban J connectivity index is 1.48. The molecule has 7 heteroatoms. The molecule has 2 aromatic rings. The topological polar surface area (TPSA) is 49.6 Å². The van der Waals surface area contributed by atoms with Crippen LogP contribution in [0, 0.1) is 13.8 Å². The third-order valence-corrected chi connectivity index (χ3v) is 7.07. The van der Waals surface area contributed by atoms with E-state index in [-0.39, 0.29) is 5.91 Å². The first-order valence-corrected chi connectivity index (χ1v) is 10.8. The van der Waals surface area contributed by atoms with E-state index in [2.05, 4.69) is 15.4 Å². The van der Waals surface area contributed by atoms with Crippen LogP contribution in [0.15, 0.2) is 9.90 Å². The summed E-state index contributed by atoms with van der Waals surface area (Å²) in [5.41, 5.74) is 4.41. The van der Waals surface area contributed by atoms with Crippen LogP contribution >= 0.6 is 23.1 Å². The first kappa shape index (κ1) is 17.1. The molecule has 0 aromatic carbocycles. The van der Waals surface area contributed by atoms with Crippen LogP contribution in [0.25, 0.3) is 0 Å². The number of thioether (sulfide) groups is 1. The Morgan fingerprint density at radius 3 is 2.80 bits per heavy atom. The van der Waals surface area contributed by atoms with Crippen LogP contribution < -0.4 is 0 Å². The fraction of sp³-hybridized carbons (Fsp3) is 0.556. The minimum atomic E-state index is 0.233. The molecule has 0 spiro atoms. The molecule has 4 heterocycles. The molecule has 2 aliphatic rings. The summed E-state index contributed by atoms with van der Waals surface area (Å²) in [7, 11) is 0. The normalized spacial score (nSPS) is 18.4. The lowest BCUT2D eigenvalue weighted by Crippen LogP contribution is -2.38. The van der Waals surface area contributed by atoms with Gasteiger partial charge in [0.15, 0.2) is 0 Å². The molecule has 2 aliphatic heterocycles. The highest BCUT2D eigenvalue weighted by atomic mass is 32.2. The SMILES string of the molecule is Cc1noc(C)c1CN1CCc2c(C(=O)N3CCSCC3)csc2C1. The summed E-state index contributed by atoms with van der Waals surface area (Å²) in [6.45, 7) is 8.49. The van der Waals surface area contributed by atoms with Gasteiger partial charge in [-0.2, -0.15) is 11.8 Å². The predicted molar refractivity (Wildman–Crippen MR) is 101 cm³/mol. The smallest absolute Gasteiger partial charge is 0.255 e. The van der Waals surface area contributed by atoms with Crippen molar-refractivity contribution < 1.29 is 9.32 Å². The van der Waals surface area contributed by atoms with E-state index in [4.69, 9.17) is 4.52 Å². The summed E-state index contributed by atoms with van der Waals surface area (Å²) in [4.78, 5) is 18.6. The largest absolute Gasteiger partial charge is 0.361 e. The third kappa shape index (κ3) is 3.37. The zero-order valence-corrected chi connectivity index (χ0v) is 16.3. The van der Waals surface area contributed by atoms with Crippen molar-refractivity contribution in [2.45, 2.75) is 33.4 Å². The Hall–Kier alpha value is -1.31. The van der Waals surface area contributed by atoms with Crippen LogP contribution in [0.3, 0.4) is 0 Å². The van der Waals surface area contributed by atoms with Gasteiger partial charge < -0.3 is 9.42 Å². The Morgan fingerprint density at radius 1 is 1.28 bits per heavy atom. The standard InChI is InChI=1S/C18H23N3O2S2/c1-12-15(13(2)23-19-12)9-20-4-3-14-16(11-25-17(14)10-20)18(22)21-5-7-24-8-6-21/h11H,3-10H2,1-2H3. The molecule has 25 heavy (non-hydrogen) atoms. The third-order valence-electron chi connectivity index (χ3n) is 5.12. The first-order valence-electron chi connectivity index (χ1n) is 8.74. The van der Waals surface area contributed by atoms with E-state index in [0.717, 1.165) is 67.7 Å². The number of aryl methyl sites for hydroxylation is 2. The van der Waals surface area contributed by atoms with Crippen molar-refractivity contribution >= 4 is 29.0 Å². The molecule has 0 aliphatic carbocycles. The number of nitrogens with zero attached hydrogens (tertiary/aromatic N) is 3. The number of carbonyl (C=O) groups excluding carboxylic acids is 1. The molecule has 0 bridgehead atoms. The molecule has 1 amide bonds. The number of amides is 1. The second kappa shape index (κ2) is 7.13. The lowest BCUT2D eigenvalue weighted by molar-refractivity contribution is 0.0771. The summed E-state index contributed by atoms with van der Waals surface area (Å²) in [5, 5.41) is 6.13. The number of thiophene rings is 1. The molecule has 0 unspecified atom stereocenters. The van der Waals surface area contributed by atoms with Gasteiger partial charge in [0.05, 0.1) is 11.3 Å². The fourth-order valence-corrected chi connectivity index (χ4v) is 5.60. The van der Waals surface area contributed by atoms with E-state index in [0.29, 0.717) is 0 Å². The van der Waals surface area contributed by atoms with Gasteiger partial charge >= 0.3 is 0 Å². The second-order valence-electron chi connectivity index (χ2n) is 6.72. The van der Waals surface area contributed by atoms with Crippen LogP contribution in [0.1, 0.15) is 37.8 Å². The molecule has 1 fully saturated rings. The maximum atomic E-state index is 12.8. The van der Waals surface area contributed by atoms with Crippen LogP contribution in [-0.4, -0.2) is 52.0 Å². The van der Waals surface area contributed by atoms with Gasteiger partial charge in [0.2, 0.25) is 0 Å². The number of hydrogen-bond donors (Lipinski definition) is 0. The van der Waals surface area contributed by atoms with Gasteiger partial charge in [-0.3, -0.25) is 9.69 Å². The summed E-state index contributed by atoms with van der Waals surface area (Å²) < 4.78 is 5.28. The maximum absolute atomic E-state index is 12.8. The molecule has 4 rings (SSSR count). The first-order chi connectivity index (χ1) is 12.1. The molecule has 0 N–H and O–H groups in total. The minimum absolute atomic E-state index is 0.233. The number of hydrogen-bond acceptors (Lipinski definition) is 6. The molecular formula is C18H23N3O2S2. The molecule has 134 valence electrons. The van der Waals surface area contributed by atoms with Crippen molar-refractivity contribution in [2.75, 3.05) is 31.1 Å². The van der Waals surface area contributed by atoms with E-state index >= 15 is 0 Å². The highest BCUT2D eigenvalue weighted by molar-refractivity contribution is 7.99. The van der Waals surface area contributed by atoms with Crippen molar-refractivity contribution in [2.24, 2.45) is 0 Å². The Morgan fingerprint density at radius 2 is 2.08 bits per heavy atom. The lowest BCUT2D eigenvalue weighted by Gasteiger charge is -2.29. The van der Waals surface area contributed by atoms with Gasteiger partial charge in [0.25, 0.3) is 5.91 Å². The zero-order valence-electron chi connectivity index (χ0n) is 14.7. The van der Waals surface area contributed by atoms with Crippen molar-refractivity contribution in [3.05, 3.63) is 38.4 Å². The van der Waals surface area contributed by atoms with Crippen molar-refractivity contribution in [1.29, 1.82) is 0 Å². The predicted octanol–water partition coefficient (Wildman–Crippen LogP) is 3.10. The molecule has 1 saturated heterocycles. The van der Waals surface area contributed by atoms with Crippen LogP contribution in [0.5, 0.6) is 0 Å². The molecule has 5 nitrogen and oxygen atoms in total. The molecule has 0 radical (unpaired) electrons. The number of rotatable bonds is 3. The minimum Gasteiger partial charge on any atom is -0.361 e. The quantitative estimate of drug-likeness (QED) is 0.823. The summed E-state index contributed by atoms with van der Waals surface area (Å²) in [6.07, 6.45) is 0.950. The van der Waals surface area contributed by atoms with Crippen LogP contribution in [0.2, 0.25) is 0 Å². The number of aromatic nitrogens is 1. The molecular weight excluding hydrogens is 354 g/mol. The second-order valence-corrected chi connectivity index (χ2v) is 8.91. The average Bonchev–Trinajstić information content (AvgIpc) is 3.20. The average molecular weight is 378 g/mol. The molecule has 0 saturated carbocycles. The Bertz CT molecular complexity index is 758. The number of fused-ring (bicyclic) bond motifs is 1. The highest BCUT2D eigenvalue weighted by Crippen LogP contribution is 2.31. The summed E-state index contributed by atoms with van der Waals surface area (Å²) in [6, 6.07) is 0. The van der Waals surface area contributed by atoms with E-state index in [1.54, 1.807) is 11.3 Å². The van der Waals surface area contributed by atoms with Gasteiger partial charge in [-0.25, -0.2) is 0 Å². The van der Waals surface area contributed by atoms with Crippen molar-refractivity contribution in [3.63, 3.8) is 0 Å². The van der Waals surface area contributed by atoms with Gasteiger partial charge in [0, 0.05) is 60.1 Å². The van der Waals surface area contributed by atoms with Crippen LogP contribution in [-0.2, 0) is 19.5 Å². The zero-order chi connectivity index (χ0) is 17.4. The molecule has 0 atom stereocenters. The van der Waals surface area contributed by atoms with E-state index in [9.17, 15) is 4.79 Å². The fourth-order valence-electron chi connectivity index (χ4n) is 3.58. The Kier molecular flexibility index (Phi) is 4.88. The van der Waals surface area contributed by atoms with Gasteiger partial charge in [-0.1, -0.05) is 5.16 Å². The van der Waals surface area contributed by atoms with Gasteiger partial charge in [0.1, 0.15) is 5.76 Å². The van der Waals surface area contributed by atoms with Gasteiger partial charge in [-0.15, -0.1) is 11.3 Å². The monoisotopic (exact) mass is 377 g/mol. The van der Waals surface area contributed by atoms with Gasteiger partial charge in [-0.05, 0) is 25.8 Å². The highest BCUT2D eigenvalue weighted by Gasteiger charge is 2.27. The number of carbonyl (C=O) groups is 1. The lowest BCUT2D eigenvalue weighted by atomic mass is 10.0. The summed E-state index contributed by atoms with van der Waals surface area (Å²) in [5.74, 6) is 3.26. The van der Waals surface area contributed by atoms with Crippen LogP contribution in [0.4, 0.5) is 0 Å². The van der Waals surface area contributed by atoms with E-state index in [1.807, 2.05) is 30.5 Å².